The summed E-state index contributed by atoms with van der Waals surface area (Å²) >= 11 is 0. The number of aromatic nitrogens is 2. The molecular weight excluding hydrogens is 611 g/mol. The molecule has 3 aliphatic rings. The molecule has 10 nitrogen and oxygen atoms in total. The molecule has 205 valence electrons. The van der Waals surface area contributed by atoms with Gasteiger partial charge in [-0.1, -0.05) is 18.7 Å². The van der Waals surface area contributed by atoms with Gasteiger partial charge < -0.3 is 30.7 Å². The second-order valence-corrected chi connectivity index (χ2v) is 9.64. The fourth-order valence-electron chi connectivity index (χ4n) is 4.46. The third kappa shape index (κ3) is 7.91. The van der Waals surface area contributed by atoms with Crippen LogP contribution in [0.3, 0.4) is 0 Å². The molecule has 3 heterocycles. The average molecular weight is 650 g/mol. The van der Waals surface area contributed by atoms with E-state index in [1.165, 1.54) is 6.08 Å². The first-order valence-electron chi connectivity index (χ1n) is 12.5. The van der Waals surface area contributed by atoms with E-state index >= 15 is 0 Å². The molecule has 2 unspecified atom stereocenters. The number of anilines is 1. The van der Waals surface area contributed by atoms with Crippen molar-refractivity contribution in [3.63, 3.8) is 0 Å². The Hall–Kier alpha value is -1.73. The van der Waals surface area contributed by atoms with E-state index in [0.717, 1.165) is 30.8 Å². The van der Waals surface area contributed by atoms with Gasteiger partial charge in [0.1, 0.15) is 11.6 Å². The van der Waals surface area contributed by atoms with Crippen molar-refractivity contribution in [1.82, 2.24) is 14.9 Å². The van der Waals surface area contributed by atoms with E-state index in [9.17, 15) is 9.59 Å². The molecule has 4 rings (SSSR count). The predicted molar refractivity (Wildman–Crippen MR) is 143 cm³/mol. The summed E-state index contributed by atoms with van der Waals surface area (Å²) in [4.78, 5) is 34.3. The zero-order chi connectivity index (χ0) is 27.2. The number of amides is 2. The van der Waals surface area contributed by atoms with E-state index in [4.69, 9.17) is 15.2 Å². The van der Waals surface area contributed by atoms with Gasteiger partial charge in [0.25, 0.3) is 5.91 Å². The summed E-state index contributed by atoms with van der Waals surface area (Å²) < 4.78 is 11.0. The van der Waals surface area contributed by atoms with Crippen LogP contribution in [0.1, 0.15) is 32.2 Å². The minimum absolute atomic E-state index is 0. The van der Waals surface area contributed by atoms with Crippen LogP contribution in [0.2, 0.25) is 0 Å². The normalized spacial score (nSPS) is 23.8. The number of aryl methyl sites for hydroxylation is 2. The largest absolute Gasteiger partial charge is 0.659 e. The van der Waals surface area contributed by atoms with Gasteiger partial charge in [0, 0.05) is 71.4 Å². The number of ether oxygens (including phenoxy) is 2. The molecule has 3 N–H and O–H groups in total. The molecule has 11 heteroatoms. The second-order valence-electron chi connectivity index (χ2n) is 9.64. The fraction of sp³-hybridized carbons (Fsp3) is 0.519. The van der Waals surface area contributed by atoms with Crippen molar-refractivity contribution in [2.75, 3.05) is 38.2 Å². The SMILES string of the molecule is C=CC(=O)N1CC[N-]C[C@H]1C.C[CH-]OC1C=C(C)C(C(=O)Nc2nc(C)ncc2C)=CC1C1(N)COC1.[La]. The number of nitrogens with zero attached hydrogens (tertiary/aromatic N) is 4. The number of hydrogen-bond donors (Lipinski definition) is 2. The minimum Gasteiger partial charge on any atom is -0.659 e. The topological polar surface area (TPSA) is 134 Å². The summed E-state index contributed by atoms with van der Waals surface area (Å²) in [6.45, 7) is 17.6. The number of carbonyl (C=O) groups excluding carboxylic acids is 2. The number of rotatable bonds is 6. The molecule has 2 amide bonds. The summed E-state index contributed by atoms with van der Waals surface area (Å²) in [7, 11) is 0. The molecule has 1 aliphatic carbocycles. The fourth-order valence-corrected chi connectivity index (χ4v) is 4.46. The molecule has 2 fully saturated rings. The van der Waals surface area contributed by atoms with Crippen LogP contribution in [0.5, 0.6) is 0 Å². The molecule has 1 radical (unpaired) electrons. The first-order valence-corrected chi connectivity index (χ1v) is 12.5. The van der Waals surface area contributed by atoms with Crippen molar-refractivity contribution < 1.29 is 54.7 Å². The standard InChI is InChI=1S/C19H25N4O3.C8H13N2O.La/c1-5-26-16-6-11(2)14(7-15(16)19(20)9-25-10-19)18(24)23-17-12(3)8-21-13(4)22-17;1-3-8(11)10-5-4-9-6-7(10)2;/h5-8,15-16H,9-10,20H2,1-4H3,(H,21,22,23,24);3,7H,1,4-6H2,2H3;/q2*-1;/t;7-;/m.1./s1. The summed E-state index contributed by atoms with van der Waals surface area (Å²) in [5.74, 6) is 0.779. The zero-order valence-electron chi connectivity index (χ0n) is 22.9. The molecule has 2 saturated heterocycles. The van der Waals surface area contributed by atoms with Crippen LogP contribution in [0.15, 0.2) is 42.2 Å². The van der Waals surface area contributed by atoms with Crippen molar-refractivity contribution in [2.24, 2.45) is 11.7 Å². The molecule has 1 aromatic rings. The van der Waals surface area contributed by atoms with Crippen molar-refractivity contribution in [1.29, 1.82) is 0 Å². The Balaban J connectivity index is 0.000000356. The Morgan fingerprint density at radius 3 is 2.63 bits per heavy atom. The molecule has 2 aliphatic heterocycles. The van der Waals surface area contributed by atoms with Crippen molar-refractivity contribution in [3.8, 4) is 0 Å². The van der Waals surface area contributed by atoms with Crippen LogP contribution >= 0.6 is 0 Å². The maximum absolute atomic E-state index is 12.9. The Morgan fingerprint density at radius 2 is 2.05 bits per heavy atom. The summed E-state index contributed by atoms with van der Waals surface area (Å²) in [6.07, 6.45) is 6.70. The van der Waals surface area contributed by atoms with Crippen LogP contribution in [0, 0.1) is 62.0 Å². The van der Waals surface area contributed by atoms with Gasteiger partial charge in [0.15, 0.2) is 0 Å². The van der Waals surface area contributed by atoms with E-state index in [-0.39, 0.29) is 65.5 Å². The van der Waals surface area contributed by atoms with Gasteiger partial charge in [0.2, 0.25) is 5.91 Å². The molecule has 0 spiro atoms. The van der Waals surface area contributed by atoms with Crippen molar-refractivity contribution in [3.05, 3.63) is 65.5 Å². The minimum atomic E-state index is -0.530. The molecule has 38 heavy (non-hydrogen) atoms. The molecule has 0 bridgehead atoms. The first kappa shape index (κ1) is 32.5. The van der Waals surface area contributed by atoms with Crippen molar-refractivity contribution >= 4 is 17.6 Å². The van der Waals surface area contributed by atoms with E-state index in [2.05, 4.69) is 27.2 Å². The van der Waals surface area contributed by atoms with E-state index in [0.29, 0.717) is 30.4 Å². The monoisotopic (exact) mass is 649 g/mol. The maximum Gasteiger partial charge on any atom is 0.256 e. The van der Waals surface area contributed by atoms with Crippen LogP contribution in [0.25, 0.3) is 5.32 Å². The van der Waals surface area contributed by atoms with Gasteiger partial charge >= 0.3 is 0 Å². The van der Waals surface area contributed by atoms with Gasteiger partial charge in [-0.25, -0.2) is 16.6 Å². The second kappa shape index (κ2) is 14.6. The number of hydrogen-bond acceptors (Lipinski definition) is 7. The number of piperazine rings is 1. The summed E-state index contributed by atoms with van der Waals surface area (Å²) in [5, 5.41) is 7.08. The summed E-state index contributed by atoms with van der Waals surface area (Å²) in [5.41, 5.74) is 8.16. The zero-order valence-corrected chi connectivity index (χ0v) is 26.6. The number of nitrogens with one attached hydrogen (secondary N) is 1. The first-order chi connectivity index (χ1) is 17.6. The smallest absolute Gasteiger partial charge is 0.256 e. The molecule has 0 saturated carbocycles. The average Bonchev–Trinajstić information content (AvgIpc) is 2.85. The summed E-state index contributed by atoms with van der Waals surface area (Å²) in [6, 6.07) is 0.245. The van der Waals surface area contributed by atoms with Gasteiger partial charge in [-0.2, -0.15) is 6.92 Å². The molecule has 1 aromatic heterocycles. The third-order valence-corrected chi connectivity index (χ3v) is 6.69. The molecule has 3 atom stereocenters. The van der Waals surface area contributed by atoms with Crippen LogP contribution in [0.4, 0.5) is 5.82 Å². The van der Waals surface area contributed by atoms with Gasteiger partial charge in [-0.3, -0.25) is 9.59 Å². The number of carbonyl (C=O) groups is 2. The Bertz CT molecular complexity index is 1070. The van der Waals surface area contributed by atoms with Gasteiger partial charge in [-0.15, -0.1) is 13.1 Å². The van der Waals surface area contributed by atoms with Crippen molar-refractivity contribution in [2.45, 2.75) is 52.3 Å². The quantitative estimate of drug-likeness (QED) is 0.358. The van der Waals surface area contributed by atoms with Gasteiger partial charge in [0.05, 0.1) is 24.9 Å². The van der Waals surface area contributed by atoms with Crippen LogP contribution in [-0.4, -0.2) is 77.2 Å². The van der Waals surface area contributed by atoms with Crippen LogP contribution in [-0.2, 0) is 19.1 Å². The molecular formula is C27H38LaN6O4-2. The molecule has 0 aromatic carbocycles. The Kier molecular flexibility index (Phi) is 12.5. The van der Waals surface area contributed by atoms with E-state index in [1.54, 1.807) is 24.6 Å². The Labute approximate surface area is 253 Å². The maximum atomic E-state index is 12.9. The van der Waals surface area contributed by atoms with E-state index < -0.39 is 5.54 Å². The van der Waals surface area contributed by atoms with Crippen LogP contribution < -0.4 is 11.1 Å². The third-order valence-electron chi connectivity index (χ3n) is 6.69. The number of nitrogens with two attached hydrogens (primary N) is 1. The van der Waals surface area contributed by atoms with E-state index in [1.807, 2.05) is 39.8 Å². The van der Waals surface area contributed by atoms with Gasteiger partial charge in [-0.05, 0) is 39.3 Å². The Morgan fingerprint density at radius 1 is 1.34 bits per heavy atom. The predicted octanol–water partition coefficient (Wildman–Crippen LogP) is 2.61.